The van der Waals surface area contributed by atoms with Gasteiger partial charge in [0.05, 0.1) is 5.92 Å². The van der Waals surface area contributed by atoms with Crippen molar-refractivity contribution in [3.05, 3.63) is 0 Å². The Kier molecular flexibility index (Phi) is 4.05. The molecule has 98 valence electrons. The van der Waals surface area contributed by atoms with Crippen LogP contribution in [0.5, 0.6) is 0 Å². The minimum Gasteiger partial charge on any atom is -0.481 e. The van der Waals surface area contributed by atoms with Gasteiger partial charge in [0.25, 0.3) is 0 Å². The van der Waals surface area contributed by atoms with Crippen LogP contribution in [-0.2, 0) is 4.79 Å². The summed E-state index contributed by atoms with van der Waals surface area (Å²) in [5.74, 6) is -1.02. The van der Waals surface area contributed by atoms with Crippen molar-refractivity contribution in [2.24, 2.45) is 5.92 Å². The molecule has 17 heavy (non-hydrogen) atoms. The number of hydrogen-bond donors (Lipinski definition) is 2. The van der Waals surface area contributed by atoms with Gasteiger partial charge in [0.2, 0.25) is 0 Å². The topological polar surface area (TPSA) is 52.6 Å². The summed E-state index contributed by atoms with van der Waals surface area (Å²) >= 11 is 0. The van der Waals surface area contributed by atoms with Gasteiger partial charge in [0, 0.05) is 24.7 Å². The lowest BCUT2D eigenvalue weighted by Gasteiger charge is -2.34. The van der Waals surface area contributed by atoms with Gasteiger partial charge in [-0.05, 0) is 32.7 Å². The lowest BCUT2D eigenvalue weighted by atomic mass is 9.96. The number of nitrogens with zero attached hydrogens (tertiary/aromatic N) is 1. The molecular formula is C13H24N2O2. The maximum Gasteiger partial charge on any atom is 0.307 e. The third-order valence-electron chi connectivity index (χ3n) is 4.47. The molecule has 2 N–H and O–H groups in total. The summed E-state index contributed by atoms with van der Waals surface area (Å²) in [5.41, 5.74) is 0. The van der Waals surface area contributed by atoms with Crippen LogP contribution < -0.4 is 5.32 Å². The molecule has 2 heterocycles. The largest absolute Gasteiger partial charge is 0.481 e. The molecular weight excluding hydrogens is 216 g/mol. The minimum absolute atomic E-state index is 0.0550. The number of carboxylic acids is 1. The summed E-state index contributed by atoms with van der Waals surface area (Å²) in [4.78, 5) is 13.5. The van der Waals surface area contributed by atoms with Crippen molar-refractivity contribution in [3.63, 3.8) is 0 Å². The third-order valence-corrected chi connectivity index (χ3v) is 4.47. The Morgan fingerprint density at radius 2 is 2.06 bits per heavy atom. The molecule has 0 aromatic rings. The Hall–Kier alpha value is -0.610. The second kappa shape index (κ2) is 5.36. The SMILES string of the molecule is CC(NC1CCN2CCCCC12)C(C)C(=O)O. The maximum absolute atomic E-state index is 10.9. The molecule has 0 amide bonds. The Labute approximate surface area is 103 Å². The van der Waals surface area contributed by atoms with E-state index < -0.39 is 5.97 Å². The predicted octanol–water partition coefficient (Wildman–Crippen LogP) is 1.31. The van der Waals surface area contributed by atoms with Crippen LogP contribution in [0.4, 0.5) is 0 Å². The number of hydrogen-bond acceptors (Lipinski definition) is 3. The van der Waals surface area contributed by atoms with Gasteiger partial charge >= 0.3 is 5.97 Å². The molecule has 0 saturated carbocycles. The predicted molar refractivity (Wildman–Crippen MR) is 67.0 cm³/mol. The van der Waals surface area contributed by atoms with Crippen molar-refractivity contribution >= 4 is 5.97 Å². The zero-order valence-corrected chi connectivity index (χ0v) is 10.9. The van der Waals surface area contributed by atoms with Gasteiger partial charge in [-0.15, -0.1) is 0 Å². The molecule has 0 bridgehead atoms. The highest BCUT2D eigenvalue weighted by molar-refractivity contribution is 5.70. The Balaban J connectivity index is 1.88. The quantitative estimate of drug-likeness (QED) is 0.778. The number of carboxylic acid groups (broad SMARTS) is 1. The highest BCUT2D eigenvalue weighted by Crippen LogP contribution is 2.27. The van der Waals surface area contributed by atoms with Crippen LogP contribution in [0, 0.1) is 5.92 Å². The summed E-state index contributed by atoms with van der Waals surface area (Å²) in [6.07, 6.45) is 5.08. The van der Waals surface area contributed by atoms with E-state index in [0.717, 1.165) is 0 Å². The smallest absolute Gasteiger partial charge is 0.307 e. The number of nitrogens with one attached hydrogen (secondary N) is 1. The van der Waals surface area contributed by atoms with Crippen LogP contribution in [0.3, 0.4) is 0 Å². The van der Waals surface area contributed by atoms with Crippen LogP contribution in [0.25, 0.3) is 0 Å². The molecule has 4 atom stereocenters. The lowest BCUT2D eigenvalue weighted by molar-refractivity contribution is -0.142. The second-order valence-corrected chi connectivity index (χ2v) is 5.58. The van der Waals surface area contributed by atoms with Crippen LogP contribution >= 0.6 is 0 Å². The minimum atomic E-state index is -0.705. The normalized spacial score (nSPS) is 33.1. The first kappa shape index (κ1) is 12.8. The summed E-state index contributed by atoms with van der Waals surface area (Å²) in [6.45, 7) is 6.18. The number of piperidine rings is 1. The summed E-state index contributed by atoms with van der Waals surface area (Å²) in [5, 5.41) is 12.5. The lowest BCUT2D eigenvalue weighted by Crippen LogP contribution is -2.49. The number of rotatable bonds is 4. The van der Waals surface area contributed by atoms with Crippen LogP contribution in [0.2, 0.25) is 0 Å². The van der Waals surface area contributed by atoms with Gasteiger partial charge in [-0.3, -0.25) is 9.69 Å². The van der Waals surface area contributed by atoms with E-state index in [9.17, 15) is 4.79 Å². The van der Waals surface area contributed by atoms with Gasteiger partial charge in [0.1, 0.15) is 0 Å². The monoisotopic (exact) mass is 240 g/mol. The molecule has 2 aliphatic rings. The zero-order valence-electron chi connectivity index (χ0n) is 10.9. The first-order valence-electron chi connectivity index (χ1n) is 6.82. The molecule has 2 saturated heterocycles. The first-order chi connectivity index (χ1) is 8.09. The molecule has 4 heteroatoms. The number of fused-ring (bicyclic) bond motifs is 1. The van der Waals surface area contributed by atoms with E-state index in [-0.39, 0.29) is 12.0 Å². The van der Waals surface area contributed by atoms with E-state index >= 15 is 0 Å². The Morgan fingerprint density at radius 1 is 1.29 bits per heavy atom. The standard InChI is InChI=1S/C13H24N2O2/c1-9(13(16)17)10(2)14-11-6-8-15-7-4-3-5-12(11)15/h9-12,14H,3-8H2,1-2H3,(H,16,17). The average Bonchev–Trinajstić information content (AvgIpc) is 2.71. The average molecular weight is 240 g/mol. The van der Waals surface area contributed by atoms with E-state index in [1.54, 1.807) is 6.92 Å². The van der Waals surface area contributed by atoms with Gasteiger partial charge in [-0.2, -0.15) is 0 Å². The van der Waals surface area contributed by atoms with Gasteiger partial charge in [-0.1, -0.05) is 13.3 Å². The van der Waals surface area contributed by atoms with Crippen molar-refractivity contribution < 1.29 is 9.90 Å². The molecule has 4 unspecified atom stereocenters. The molecule has 0 aromatic heterocycles. The fourth-order valence-corrected chi connectivity index (χ4v) is 3.14. The van der Waals surface area contributed by atoms with E-state index in [0.29, 0.717) is 12.1 Å². The number of aliphatic carboxylic acids is 1. The van der Waals surface area contributed by atoms with E-state index in [4.69, 9.17) is 5.11 Å². The van der Waals surface area contributed by atoms with E-state index in [1.807, 2.05) is 6.92 Å². The first-order valence-corrected chi connectivity index (χ1v) is 6.82. The third kappa shape index (κ3) is 2.80. The second-order valence-electron chi connectivity index (χ2n) is 5.58. The van der Waals surface area contributed by atoms with E-state index in [1.165, 1.54) is 38.8 Å². The summed E-state index contributed by atoms with van der Waals surface area (Å²) in [6, 6.07) is 1.19. The van der Waals surface area contributed by atoms with Gasteiger partial charge < -0.3 is 10.4 Å². The van der Waals surface area contributed by atoms with Crippen molar-refractivity contribution in [1.29, 1.82) is 0 Å². The summed E-state index contributed by atoms with van der Waals surface area (Å²) < 4.78 is 0. The van der Waals surface area contributed by atoms with Crippen molar-refractivity contribution in [1.82, 2.24) is 10.2 Å². The Bertz CT molecular complexity index is 283. The van der Waals surface area contributed by atoms with Crippen molar-refractivity contribution in [2.75, 3.05) is 13.1 Å². The van der Waals surface area contributed by atoms with E-state index in [2.05, 4.69) is 10.2 Å². The fourth-order valence-electron chi connectivity index (χ4n) is 3.14. The van der Waals surface area contributed by atoms with Crippen LogP contribution in [0.15, 0.2) is 0 Å². The zero-order chi connectivity index (χ0) is 12.4. The molecule has 0 aromatic carbocycles. The Morgan fingerprint density at radius 3 is 2.76 bits per heavy atom. The van der Waals surface area contributed by atoms with Crippen LogP contribution in [-0.4, -0.2) is 47.2 Å². The molecule has 2 aliphatic heterocycles. The molecule has 2 fully saturated rings. The molecule has 0 aliphatic carbocycles. The van der Waals surface area contributed by atoms with Crippen LogP contribution in [0.1, 0.15) is 39.5 Å². The maximum atomic E-state index is 10.9. The molecule has 4 nitrogen and oxygen atoms in total. The van der Waals surface area contributed by atoms with Gasteiger partial charge in [0.15, 0.2) is 0 Å². The molecule has 2 rings (SSSR count). The molecule has 0 radical (unpaired) electrons. The number of carbonyl (C=O) groups is 1. The molecule has 0 spiro atoms. The summed E-state index contributed by atoms with van der Waals surface area (Å²) in [7, 11) is 0. The van der Waals surface area contributed by atoms with Crippen molar-refractivity contribution in [2.45, 2.75) is 57.7 Å². The highest BCUT2D eigenvalue weighted by Gasteiger charge is 2.36. The van der Waals surface area contributed by atoms with Crippen molar-refractivity contribution in [3.8, 4) is 0 Å². The highest BCUT2D eigenvalue weighted by atomic mass is 16.4. The fraction of sp³-hybridized carbons (Fsp3) is 0.923. The van der Waals surface area contributed by atoms with Gasteiger partial charge in [-0.25, -0.2) is 0 Å².